The van der Waals surface area contributed by atoms with Crippen LogP contribution in [0.3, 0.4) is 0 Å². The summed E-state index contributed by atoms with van der Waals surface area (Å²) in [4.78, 5) is 25.0. The van der Waals surface area contributed by atoms with E-state index in [0.29, 0.717) is 25.3 Å². The molecule has 0 aromatic heterocycles. The molecule has 0 radical (unpaired) electrons. The van der Waals surface area contributed by atoms with Crippen molar-refractivity contribution in [1.29, 1.82) is 0 Å². The molecule has 5 nitrogen and oxygen atoms in total. The number of nitrogens with zero attached hydrogens (tertiary/aromatic N) is 1. The Bertz CT molecular complexity index is 355. The first-order valence-electron chi connectivity index (χ1n) is 7.29. The van der Waals surface area contributed by atoms with Gasteiger partial charge in [0, 0.05) is 18.6 Å². The topological polar surface area (TPSA) is 69.6 Å². The number of carbonyl (C=O) groups is 2. The van der Waals surface area contributed by atoms with Gasteiger partial charge >= 0.3 is 12.0 Å². The zero-order chi connectivity index (χ0) is 14.0. The predicted molar refractivity (Wildman–Crippen MR) is 71.9 cm³/mol. The van der Waals surface area contributed by atoms with E-state index in [-0.39, 0.29) is 24.0 Å². The van der Waals surface area contributed by atoms with Gasteiger partial charge in [0.25, 0.3) is 0 Å². The molecule has 5 heteroatoms. The maximum absolute atomic E-state index is 12.2. The second-order valence-electron chi connectivity index (χ2n) is 6.03. The number of carboxylic acid groups (broad SMARTS) is 1. The molecule has 3 atom stereocenters. The first-order chi connectivity index (χ1) is 8.99. The molecular weight excluding hydrogens is 244 g/mol. The summed E-state index contributed by atoms with van der Waals surface area (Å²) in [7, 11) is 0. The highest BCUT2D eigenvalue weighted by Crippen LogP contribution is 2.30. The summed E-state index contributed by atoms with van der Waals surface area (Å²) in [6, 6.07) is 0.199. The summed E-state index contributed by atoms with van der Waals surface area (Å²) in [6.45, 7) is 4.54. The van der Waals surface area contributed by atoms with Crippen LogP contribution in [0.25, 0.3) is 0 Å². The first kappa shape index (κ1) is 14.2. The van der Waals surface area contributed by atoms with E-state index in [2.05, 4.69) is 12.2 Å². The van der Waals surface area contributed by atoms with Crippen LogP contribution in [0, 0.1) is 11.8 Å². The van der Waals surface area contributed by atoms with Gasteiger partial charge in [-0.3, -0.25) is 4.79 Å². The number of hydrogen-bond acceptors (Lipinski definition) is 2. The molecule has 1 heterocycles. The van der Waals surface area contributed by atoms with Crippen LogP contribution < -0.4 is 5.32 Å². The molecule has 1 saturated carbocycles. The van der Waals surface area contributed by atoms with Crippen LogP contribution in [0.4, 0.5) is 4.79 Å². The third-order valence-electron chi connectivity index (χ3n) is 4.69. The van der Waals surface area contributed by atoms with Gasteiger partial charge in [0.15, 0.2) is 0 Å². The molecule has 2 amide bonds. The summed E-state index contributed by atoms with van der Waals surface area (Å²) in [5.41, 5.74) is 0. The minimum absolute atomic E-state index is 0.00319. The average molecular weight is 268 g/mol. The maximum Gasteiger partial charge on any atom is 0.317 e. The minimum atomic E-state index is -0.741. The van der Waals surface area contributed by atoms with Crippen molar-refractivity contribution in [2.75, 3.05) is 6.54 Å². The van der Waals surface area contributed by atoms with E-state index in [1.165, 1.54) is 19.3 Å². The number of aliphatic carboxylic acids is 1. The number of rotatable bonds is 3. The number of piperidine rings is 1. The van der Waals surface area contributed by atoms with Gasteiger partial charge in [0.05, 0.1) is 5.92 Å². The van der Waals surface area contributed by atoms with E-state index < -0.39 is 5.97 Å². The number of hydrogen-bond donors (Lipinski definition) is 2. The van der Waals surface area contributed by atoms with E-state index in [0.717, 1.165) is 0 Å². The molecule has 108 valence electrons. The van der Waals surface area contributed by atoms with Crippen LogP contribution in [-0.4, -0.2) is 40.6 Å². The normalized spacial score (nSPS) is 29.5. The highest BCUT2D eigenvalue weighted by molar-refractivity contribution is 5.76. The molecule has 1 aliphatic heterocycles. The van der Waals surface area contributed by atoms with Crippen molar-refractivity contribution in [2.45, 2.75) is 58.0 Å². The molecular formula is C14H24N2O3. The van der Waals surface area contributed by atoms with Crippen LogP contribution in [0.5, 0.6) is 0 Å². The van der Waals surface area contributed by atoms with Gasteiger partial charge < -0.3 is 15.3 Å². The molecule has 2 rings (SSSR count). The Kier molecular flexibility index (Phi) is 4.32. The standard InChI is InChI=1S/C14H24N2O3/c1-9-8-12(13(17)18)6-7-16(9)14(19)15-10(2)11-4-3-5-11/h9-12H,3-8H2,1-2H3,(H,15,19)(H,17,18). The van der Waals surface area contributed by atoms with Crippen molar-refractivity contribution >= 4 is 12.0 Å². The van der Waals surface area contributed by atoms with Crippen LogP contribution in [0.2, 0.25) is 0 Å². The van der Waals surface area contributed by atoms with E-state index in [1.54, 1.807) is 4.90 Å². The fourth-order valence-electron chi connectivity index (χ4n) is 3.03. The molecule has 0 aromatic rings. The highest BCUT2D eigenvalue weighted by Gasteiger charge is 2.33. The summed E-state index contributed by atoms with van der Waals surface area (Å²) >= 11 is 0. The Morgan fingerprint density at radius 3 is 2.47 bits per heavy atom. The number of likely N-dealkylation sites (tertiary alicyclic amines) is 1. The molecule has 19 heavy (non-hydrogen) atoms. The van der Waals surface area contributed by atoms with Crippen molar-refractivity contribution in [3.05, 3.63) is 0 Å². The van der Waals surface area contributed by atoms with Gasteiger partial charge in [0.2, 0.25) is 0 Å². The van der Waals surface area contributed by atoms with Crippen molar-refractivity contribution in [2.24, 2.45) is 11.8 Å². The molecule has 0 spiro atoms. The first-order valence-corrected chi connectivity index (χ1v) is 7.29. The monoisotopic (exact) mass is 268 g/mol. The van der Waals surface area contributed by atoms with Gasteiger partial charge in [-0.15, -0.1) is 0 Å². The fraction of sp³-hybridized carbons (Fsp3) is 0.857. The van der Waals surface area contributed by atoms with E-state index in [1.807, 2.05) is 6.92 Å². The molecule has 0 bridgehead atoms. The van der Waals surface area contributed by atoms with Crippen LogP contribution in [0.15, 0.2) is 0 Å². The summed E-state index contributed by atoms with van der Waals surface area (Å²) < 4.78 is 0. The maximum atomic E-state index is 12.2. The Labute approximate surface area is 114 Å². The van der Waals surface area contributed by atoms with Gasteiger partial charge in [-0.1, -0.05) is 6.42 Å². The summed E-state index contributed by atoms with van der Waals surface area (Å²) in [6.07, 6.45) is 4.80. The minimum Gasteiger partial charge on any atom is -0.481 e. The lowest BCUT2D eigenvalue weighted by Crippen LogP contribution is -2.53. The smallest absolute Gasteiger partial charge is 0.317 e. The zero-order valence-electron chi connectivity index (χ0n) is 11.8. The molecule has 1 aliphatic carbocycles. The second kappa shape index (κ2) is 5.80. The number of urea groups is 1. The Hall–Kier alpha value is -1.26. The Morgan fingerprint density at radius 1 is 1.32 bits per heavy atom. The van der Waals surface area contributed by atoms with Crippen molar-refractivity contribution in [3.8, 4) is 0 Å². The van der Waals surface area contributed by atoms with Gasteiger partial charge in [-0.05, 0) is 45.4 Å². The number of carboxylic acids is 1. The highest BCUT2D eigenvalue weighted by atomic mass is 16.4. The van der Waals surface area contributed by atoms with Gasteiger partial charge in [-0.2, -0.15) is 0 Å². The van der Waals surface area contributed by atoms with Crippen molar-refractivity contribution in [1.82, 2.24) is 10.2 Å². The van der Waals surface area contributed by atoms with Crippen molar-refractivity contribution in [3.63, 3.8) is 0 Å². The Balaban J connectivity index is 1.84. The average Bonchev–Trinajstić information content (AvgIpc) is 2.25. The number of carbonyl (C=O) groups excluding carboxylic acids is 1. The zero-order valence-corrected chi connectivity index (χ0v) is 11.8. The summed E-state index contributed by atoms with van der Waals surface area (Å²) in [5.74, 6) is -0.423. The van der Waals surface area contributed by atoms with E-state index in [9.17, 15) is 9.59 Å². The van der Waals surface area contributed by atoms with Gasteiger partial charge in [-0.25, -0.2) is 4.79 Å². The van der Waals surface area contributed by atoms with Gasteiger partial charge in [0.1, 0.15) is 0 Å². The molecule has 3 unspecified atom stereocenters. The Morgan fingerprint density at radius 2 is 2.00 bits per heavy atom. The second-order valence-corrected chi connectivity index (χ2v) is 6.03. The molecule has 2 N–H and O–H groups in total. The number of amides is 2. The third-order valence-corrected chi connectivity index (χ3v) is 4.69. The largest absolute Gasteiger partial charge is 0.481 e. The lowest BCUT2D eigenvalue weighted by molar-refractivity contribution is -0.143. The van der Waals surface area contributed by atoms with Crippen LogP contribution in [-0.2, 0) is 4.79 Å². The lowest BCUT2D eigenvalue weighted by atomic mass is 9.80. The molecule has 0 aromatic carbocycles. The van der Waals surface area contributed by atoms with E-state index >= 15 is 0 Å². The fourth-order valence-corrected chi connectivity index (χ4v) is 3.03. The molecule has 2 aliphatic rings. The summed E-state index contributed by atoms with van der Waals surface area (Å²) in [5, 5.41) is 12.1. The van der Waals surface area contributed by atoms with Crippen LogP contribution >= 0.6 is 0 Å². The molecule has 2 fully saturated rings. The number of nitrogens with one attached hydrogen (secondary N) is 1. The lowest BCUT2D eigenvalue weighted by Gasteiger charge is -2.38. The SMILES string of the molecule is CC(NC(=O)N1CCC(C(=O)O)CC1C)C1CCC1. The third kappa shape index (κ3) is 3.19. The van der Waals surface area contributed by atoms with Crippen LogP contribution in [0.1, 0.15) is 46.0 Å². The quantitative estimate of drug-likeness (QED) is 0.823. The van der Waals surface area contributed by atoms with Crippen molar-refractivity contribution < 1.29 is 14.7 Å². The molecule has 1 saturated heterocycles. The predicted octanol–water partition coefficient (Wildman–Crippen LogP) is 2.07. The van der Waals surface area contributed by atoms with E-state index in [4.69, 9.17) is 5.11 Å².